The number of hydrogen-bond acceptors (Lipinski definition) is 6. The van der Waals surface area contributed by atoms with Gasteiger partial charge in [0.05, 0.1) is 23.5 Å². The number of halogens is 1. The minimum absolute atomic E-state index is 0.0148. The molecule has 0 bridgehead atoms. The Balaban J connectivity index is 1.58. The van der Waals surface area contributed by atoms with E-state index in [0.717, 1.165) is 24.2 Å². The fourth-order valence-electron chi connectivity index (χ4n) is 5.34. The zero-order valence-corrected chi connectivity index (χ0v) is 18.7. The van der Waals surface area contributed by atoms with Gasteiger partial charge in [-0.15, -0.1) is 0 Å². The standard InChI is InChI=1S/C21H28ClN5O3/c1-10(2)8-24-12-6-13(22)26-18-14(12)25-9-27(18)15-11-7-21(11,19(28)23-5)17-16(15)29-20(3,4)30-17/h6,9-11,15-17H,7-8H2,1-5H3,(H,23,28)(H,24,26)/t11-,15-,16+,17+,21+/m1/s1. The number of nitrogens with zero attached hydrogens (tertiary/aromatic N) is 3. The van der Waals surface area contributed by atoms with Gasteiger partial charge in [-0.05, 0) is 26.2 Å². The second kappa shape index (κ2) is 6.55. The zero-order valence-electron chi connectivity index (χ0n) is 17.9. The Morgan fingerprint density at radius 1 is 1.40 bits per heavy atom. The number of carbonyl (C=O) groups excluding carboxylic acids is 1. The number of carbonyl (C=O) groups is 1. The van der Waals surface area contributed by atoms with E-state index in [1.807, 2.05) is 24.5 Å². The van der Waals surface area contributed by atoms with Crippen LogP contribution in [0.1, 0.15) is 40.2 Å². The zero-order chi connectivity index (χ0) is 21.4. The van der Waals surface area contributed by atoms with E-state index in [9.17, 15) is 4.79 Å². The molecule has 0 unspecified atom stereocenters. The summed E-state index contributed by atoms with van der Waals surface area (Å²) in [5.74, 6) is -0.140. The largest absolute Gasteiger partial charge is 0.383 e. The number of ether oxygens (including phenoxy) is 2. The Hall–Kier alpha value is -1.90. The van der Waals surface area contributed by atoms with Crippen molar-refractivity contribution in [3.8, 4) is 0 Å². The summed E-state index contributed by atoms with van der Waals surface area (Å²) < 4.78 is 14.6. The van der Waals surface area contributed by atoms with Crippen LogP contribution in [0.3, 0.4) is 0 Å². The molecular formula is C21H28ClN5O3. The van der Waals surface area contributed by atoms with E-state index in [0.29, 0.717) is 16.7 Å². The average Bonchev–Trinajstić information content (AvgIpc) is 3.00. The van der Waals surface area contributed by atoms with Crippen molar-refractivity contribution < 1.29 is 14.3 Å². The van der Waals surface area contributed by atoms with E-state index in [1.54, 1.807) is 13.4 Å². The molecule has 5 rings (SSSR count). The molecule has 3 fully saturated rings. The van der Waals surface area contributed by atoms with Gasteiger partial charge in [-0.2, -0.15) is 0 Å². The lowest BCUT2D eigenvalue weighted by molar-refractivity contribution is -0.164. The van der Waals surface area contributed by atoms with E-state index >= 15 is 0 Å². The van der Waals surface area contributed by atoms with Gasteiger partial charge < -0.3 is 24.7 Å². The molecule has 162 valence electrons. The average molecular weight is 434 g/mol. The highest BCUT2D eigenvalue weighted by Crippen LogP contribution is 2.71. The maximum atomic E-state index is 12.8. The lowest BCUT2D eigenvalue weighted by atomic mass is 9.98. The highest BCUT2D eigenvalue weighted by molar-refractivity contribution is 6.30. The molecule has 0 aromatic carbocycles. The third-order valence-corrected chi connectivity index (χ3v) is 6.81. The van der Waals surface area contributed by atoms with Crippen LogP contribution in [0.25, 0.3) is 11.2 Å². The van der Waals surface area contributed by atoms with Crippen LogP contribution >= 0.6 is 11.6 Å². The first-order valence-electron chi connectivity index (χ1n) is 10.5. The molecule has 0 radical (unpaired) electrons. The highest BCUT2D eigenvalue weighted by atomic mass is 35.5. The molecule has 0 spiro atoms. The van der Waals surface area contributed by atoms with Crippen molar-refractivity contribution in [3.05, 3.63) is 17.5 Å². The number of aromatic nitrogens is 3. The van der Waals surface area contributed by atoms with Gasteiger partial charge in [-0.3, -0.25) is 4.79 Å². The number of nitrogens with one attached hydrogen (secondary N) is 2. The number of fused-ring (bicyclic) bond motifs is 4. The maximum Gasteiger partial charge on any atom is 0.229 e. The Morgan fingerprint density at radius 2 is 2.17 bits per heavy atom. The number of pyridine rings is 1. The Bertz CT molecular complexity index is 1020. The number of imidazole rings is 1. The van der Waals surface area contributed by atoms with Crippen LogP contribution in [0.4, 0.5) is 5.69 Å². The SMILES string of the molecule is CNC(=O)[C@@]12C[C@@H]1[C@@H](n1cnc3c(NCC(C)C)cc(Cl)nc31)[C@@H]1OC(C)(C)O[C@@H]12. The van der Waals surface area contributed by atoms with E-state index in [1.165, 1.54) is 0 Å². The molecule has 1 saturated heterocycles. The molecule has 9 heteroatoms. The highest BCUT2D eigenvalue weighted by Gasteiger charge is 2.79. The minimum atomic E-state index is -0.742. The molecule has 3 heterocycles. The fraction of sp³-hybridized carbons (Fsp3) is 0.667. The third-order valence-electron chi connectivity index (χ3n) is 6.62. The van der Waals surface area contributed by atoms with E-state index < -0.39 is 11.2 Å². The van der Waals surface area contributed by atoms with Gasteiger partial charge in [0.15, 0.2) is 11.4 Å². The van der Waals surface area contributed by atoms with Gasteiger partial charge in [0.1, 0.15) is 22.9 Å². The van der Waals surface area contributed by atoms with E-state index in [2.05, 4.69) is 34.4 Å². The smallest absolute Gasteiger partial charge is 0.229 e. The van der Waals surface area contributed by atoms with Gasteiger partial charge >= 0.3 is 0 Å². The van der Waals surface area contributed by atoms with Crippen LogP contribution in [0.5, 0.6) is 0 Å². The second-order valence-electron chi connectivity index (χ2n) is 9.53. The number of anilines is 1. The topological polar surface area (TPSA) is 90.3 Å². The summed E-state index contributed by atoms with van der Waals surface area (Å²) in [4.78, 5) is 22.1. The molecule has 2 saturated carbocycles. The first-order valence-corrected chi connectivity index (χ1v) is 10.9. The van der Waals surface area contributed by atoms with Crippen molar-refractivity contribution in [3.63, 3.8) is 0 Å². The summed E-state index contributed by atoms with van der Waals surface area (Å²) in [5, 5.41) is 6.66. The first-order chi connectivity index (χ1) is 14.2. The fourth-order valence-corrected chi connectivity index (χ4v) is 5.53. The van der Waals surface area contributed by atoms with Crippen molar-refractivity contribution in [1.29, 1.82) is 0 Å². The predicted molar refractivity (Wildman–Crippen MR) is 113 cm³/mol. The quantitative estimate of drug-likeness (QED) is 0.704. The molecule has 2 aromatic rings. The van der Waals surface area contributed by atoms with Crippen molar-refractivity contribution in [2.24, 2.45) is 17.3 Å². The van der Waals surface area contributed by atoms with E-state index in [4.69, 9.17) is 21.1 Å². The van der Waals surface area contributed by atoms with Crippen LogP contribution in [0.2, 0.25) is 5.15 Å². The van der Waals surface area contributed by atoms with Crippen LogP contribution in [0, 0.1) is 17.3 Å². The van der Waals surface area contributed by atoms with Crippen molar-refractivity contribution in [2.75, 3.05) is 18.9 Å². The van der Waals surface area contributed by atoms with Crippen LogP contribution < -0.4 is 10.6 Å². The molecule has 1 aliphatic heterocycles. The maximum absolute atomic E-state index is 12.8. The van der Waals surface area contributed by atoms with Crippen LogP contribution in [0.15, 0.2) is 12.4 Å². The summed E-state index contributed by atoms with van der Waals surface area (Å²) in [7, 11) is 1.68. The molecular weight excluding hydrogens is 406 g/mol. The monoisotopic (exact) mass is 433 g/mol. The van der Waals surface area contributed by atoms with Crippen LogP contribution in [-0.4, -0.2) is 52.0 Å². The second-order valence-corrected chi connectivity index (χ2v) is 9.92. The summed E-state index contributed by atoms with van der Waals surface area (Å²) in [6, 6.07) is 1.72. The van der Waals surface area contributed by atoms with Gasteiger partial charge in [-0.1, -0.05) is 25.4 Å². The molecule has 2 N–H and O–H groups in total. The lowest BCUT2D eigenvalue weighted by Crippen LogP contribution is -2.40. The molecule has 2 aromatic heterocycles. The van der Waals surface area contributed by atoms with Crippen molar-refractivity contribution >= 4 is 34.4 Å². The van der Waals surface area contributed by atoms with Crippen LogP contribution in [-0.2, 0) is 14.3 Å². The Kier molecular flexibility index (Phi) is 4.37. The lowest BCUT2D eigenvalue weighted by Gasteiger charge is -2.24. The minimum Gasteiger partial charge on any atom is -0.383 e. The van der Waals surface area contributed by atoms with Gasteiger partial charge in [-0.25, -0.2) is 9.97 Å². The normalized spacial score (nSPS) is 33.6. The summed E-state index contributed by atoms with van der Waals surface area (Å²) in [6.07, 6.45) is 2.01. The van der Waals surface area contributed by atoms with Gasteiger partial charge in [0.2, 0.25) is 5.91 Å². The molecule has 30 heavy (non-hydrogen) atoms. The molecule has 1 amide bonds. The Morgan fingerprint density at radius 3 is 2.87 bits per heavy atom. The molecule has 8 nitrogen and oxygen atoms in total. The predicted octanol–water partition coefficient (Wildman–Crippen LogP) is 2.98. The number of rotatable bonds is 5. The number of hydrogen-bond donors (Lipinski definition) is 2. The van der Waals surface area contributed by atoms with Gasteiger partial charge in [0, 0.05) is 25.6 Å². The van der Waals surface area contributed by atoms with Crippen molar-refractivity contribution in [1.82, 2.24) is 19.9 Å². The summed E-state index contributed by atoms with van der Waals surface area (Å²) in [5.41, 5.74) is 1.77. The molecule has 2 aliphatic carbocycles. The van der Waals surface area contributed by atoms with Crippen molar-refractivity contribution in [2.45, 2.75) is 58.2 Å². The number of amides is 1. The summed E-state index contributed by atoms with van der Waals surface area (Å²) >= 11 is 6.37. The summed E-state index contributed by atoms with van der Waals surface area (Å²) in [6.45, 7) is 8.90. The van der Waals surface area contributed by atoms with Gasteiger partial charge in [0.25, 0.3) is 0 Å². The molecule has 5 atom stereocenters. The third kappa shape index (κ3) is 2.77. The first kappa shape index (κ1) is 20.0. The molecule has 3 aliphatic rings. The Labute approximate surface area is 180 Å². The van der Waals surface area contributed by atoms with E-state index in [-0.39, 0.29) is 30.1 Å².